The first-order valence-corrected chi connectivity index (χ1v) is 18.3. The van der Waals surface area contributed by atoms with E-state index in [0.29, 0.717) is 33.0 Å². The fourth-order valence-electron chi connectivity index (χ4n) is 9.81. The van der Waals surface area contributed by atoms with Gasteiger partial charge in [0.15, 0.2) is 0 Å². The van der Waals surface area contributed by atoms with Crippen LogP contribution in [-0.2, 0) is 0 Å². The van der Waals surface area contributed by atoms with Gasteiger partial charge in [-0.25, -0.2) is 0 Å². The minimum Gasteiger partial charge on any atom is -0.368 e. The van der Waals surface area contributed by atoms with Crippen LogP contribution in [0.4, 0.5) is 5.69 Å². The topological polar surface area (TPSA) is 90.0 Å². The van der Waals surface area contributed by atoms with Crippen molar-refractivity contribution < 1.29 is 19.2 Å². The molecular weight excluding hydrogens is 624 g/mol. The number of hydrogen-bond donors (Lipinski definition) is 1. The number of nitrogens with zero attached hydrogens (tertiary/aromatic N) is 3. The molecule has 0 bridgehead atoms. The number of anilines is 1. The Kier molecular flexibility index (Phi) is 7.50. The summed E-state index contributed by atoms with van der Waals surface area (Å²) in [4.78, 5) is 63.1. The molecule has 3 heterocycles. The molecule has 50 heavy (non-hydrogen) atoms. The van der Waals surface area contributed by atoms with Crippen LogP contribution in [0.5, 0.6) is 0 Å². The zero-order valence-corrected chi connectivity index (χ0v) is 30.3. The molecule has 0 spiro atoms. The van der Waals surface area contributed by atoms with Crippen LogP contribution < -0.4 is 10.2 Å². The zero-order chi connectivity index (χ0) is 35.5. The van der Waals surface area contributed by atoms with Crippen molar-refractivity contribution in [2.45, 2.75) is 67.5 Å². The molecule has 0 saturated carbocycles. The highest BCUT2D eigenvalue weighted by Crippen LogP contribution is 2.50. The lowest BCUT2D eigenvalue weighted by Crippen LogP contribution is -2.51. The third kappa shape index (κ3) is 4.33. The fraction of sp³-hybridized carbons (Fsp3) is 0.429. The van der Waals surface area contributed by atoms with Gasteiger partial charge in [0.05, 0.1) is 5.56 Å². The summed E-state index contributed by atoms with van der Waals surface area (Å²) in [6.07, 6.45) is 0. The summed E-state index contributed by atoms with van der Waals surface area (Å²) in [5.41, 5.74) is 3.13. The standard InChI is InChI=1S/C42H46N4O4/c1-20(2)37(21(3)4)45-39(47)27-12-9-24-25-10-13-29-34-30(42(50)46(41(29)49)38(22(5)6)23(7)8)19-31(44-17-15-43-16-18-44)35(36(25)34)26-11-14-28(40(45)48)33(27)32(24)26/h9-14,19-23,37-38,43H,15-18H2,1-8H3. The van der Waals surface area contributed by atoms with Crippen molar-refractivity contribution in [1.29, 1.82) is 0 Å². The molecule has 5 aromatic carbocycles. The molecular formula is C42H46N4O4. The smallest absolute Gasteiger partial charge is 0.261 e. The summed E-state index contributed by atoms with van der Waals surface area (Å²) in [6, 6.07) is 13.2. The zero-order valence-electron chi connectivity index (χ0n) is 30.3. The molecule has 8 rings (SSSR count). The molecule has 0 aliphatic carbocycles. The van der Waals surface area contributed by atoms with E-state index in [1.807, 2.05) is 42.5 Å². The predicted molar refractivity (Wildman–Crippen MR) is 201 cm³/mol. The number of nitrogens with one attached hydrogen (secondary N) is 1. The molecule has 5 aromatic rings. The molecule has 3 aliphatic rings. The summed E-state index contributed by atoms with van der Waals surface area (Å²) in [6.45, 7) is 19.7. The van der Waals surface area contributed by atoms with Gasteiger partial charge in [-0.15, -0.1) is 0 Å². The normalized spacial score (nSPS) is 17.1. The van der Waals surface area contributed by atoms with E-state index >= 15 is 0 Å². The van der Waals surface area contributed by atoms with Crippen LogP contribution in [0.3, 0.4) is 0 Å². The van der Waals surface area contributed by atoms with E-state index in [-0.39, 0.29) is 59.4 Å². The van der Waals surface area contributed by atoms with Crippen molar-refractivity contribution in [3.63, 3.8) is 0 Å². The molecule has 4 amide bonds. The van der Waals surface area contributed by atoms with Crippen LogP contribution in [0.25, 0.3) is 43.1 Å². The number of rotatable bonds is 7. The molecule has 8 nitrogen and oxygen atoms in total. The monoisotopic (exact) mass is 670 g/mol. The number of piperazine rings is 1. The van der Waals surface area contributed by atoms with E-state index in [1.54, 1.807) is 0 Å². The van der Waals surface area contributed by atoms with Crippen LogP contribution in [0.15, 0.2) is 42.5 Å². The minimum atomic E-state index is -0.252. The van der Waals surface area contributed by atoms with Gasteiger partial charge in [0.2, 0.25) is 0 Å². The van der Waals surface area contributed by atoms with Crippen molar-refractivity contribution in [2.75, 3.05) is 31.1 Å². The van der Waals surface area contributed by atoms with Gasteiger partial charge >= 0.3 is 0 Å². The Morgan fingerprint density at radius 2 is 0.880 bits per heavy atom. The fourth-order valence-corrected chi connectivity index (χ4v) is 9.81. The number of benzene rings is 5. The van der Waals surface area contributed by atoms with Crippen molar-refractivity contribution in [3.8, 4) is 0 Å². The molecule has 1 fully saturated rings. The van der Waals surface area contributed by atoms with E-state index in [0.717, 1.165) is 64.2 Å². The summed E-state index contributed by atoms with van der Waals surface area (Å²) in [5, 5.41) is 10.3. The van der Waals surface area contributed by atoms with Crippen molar-refractivity contribution in [3.05, 3.63) is 64.7 Å². The van der Waals surface area contributed by atoms with Gasteiger partial charge in [0, 0.05) is 82.2 Å². The molecule has 1 N–H and O–H groups in total. The lowest BCUT2D eigenvalue weighted by molar-refractivity contribution is 0.0423. The lowest BCUT2D eigenvalue weighted by atomic mass is 9.80. The van der Waals surface area contributed by atoms with Crippen LogP contribution in [0, 0.1) is 23.7 Å². The van der Waals surface area contributed by atoms with Crippen molar-refractivity contribution in [2.24, 2.45) is 23.7 Å². The Hall–Kier alpha value is -4.56. The number of amides is 4. The number of hydrogen-bond acceptors (Lipinski definition) is 6. The highest BCUT2D eigenvalue weighted by Gasteiger charge is 2.43. The summed E-state index contributed by atoms with van der Waals surface area (Å²) < 4.78 is 0. The number of carbonyl (C=O) groups is 4. The summed E-state index contributed by atoms with van der Waals surface area (Å²) in [5.74, 6) is -0.614. The maximum Gasteiger partial charge on any atom is 0.261 e. The van der Waals surface area contributed by atoms with E-state index in [1.165, 1.54) is 9.80 Å². The first kappa shape index (κ1) is 32.6. The molecule has 0 radical (unpaired) electrons. The Morgan fingerprint density at radius 3 is 1.34 bits per heavy atom. The Labute approximate surface area is 293 Å². The Bertz CT molecular complexity index is 2240. The van der Waals surface area contributed by atoms with E-state index in [9.17, 15) is 19.2 Å². The van der Waals surface area contributed by atoms with Gasteiger partial charge < -0.3 is 10.2 Å². The average Bonchev–Trinajstić information content (AvgIpc) is 3.08. The van der Waals surface area contributed by atoms with Crippen molar-refractivity contribution in [1.82, 2.24) is 15.1 Å². The number of imide groups is 2. The average molecular weight is 671 g/mol. The number of fused-ring (bicyclic) bond motifs is 2. The van der Waals surface area contributed by atoms with Crippen LogP contribution in [0.2, 0.25) is 0 Å². The summed E-state index contributed by atoms with van der Waals surface area (Å²) in [7, 11) is 0. The molecule has 258 valence electrons. The van der Waals surface area contributed by atoms with Gasteiger partial charge in [-0.05, 0) is 69.5 Å². The van der Waals surface area contributed by atoms with Gasteiger partial charge in [-0.3, -0.25) is 29.0 Å². The van der Waals surface area contributed by atoms with Gasteiger partial charge in [-0.1, -0.05) is 73.6 Å². The molecule has 0 aromatic heterocycles. The SMILES string of the molecule is CC(C)C(C(C)C)N1C(=O)c2ccc3c4ccc5c6c(cc(N7CCNCC7)c(c7ccc(c2c37)C1=O)c64)C(=O)N(C(C(C)C)C(C)C)C5=O. The van der Waals surface area contributed by atoms with Crippen LogP contribution in [-0.4, -0.2) is 71.7 Å². The highest BCUT2D eigenvalue weighted by molar-refractivity contribution is 6.43. The molecule has 8 heteroatoms. The van der Waals surface area contributed by atoms with E-state index < -0.39 is 0 Å². The molecule has 3 aliphatic heterocycles. The predicted octanol–water partition coefficient (Wildman–Crippen LogP) is 7.70. The highest BCUT2D eigenvalue weighted by atomic mass is 16.2. The maximum atomic E-state index is 14.6. The van der Waals surface area contributed by atoms with Gasteiger partial charge in [0.1, 0.15) is 0 Å². The van der Waals surface area contributed by atoms with Crippen molar-refractivity contribution >= 4 is 72.4 Å². The van der Waals surface area contributed by atoms with Gasteiger partial charge in [0.25, 0.3) is 23.6 Å². The number of carbonyl (C=O) groups excluding carboxylic acids is 4. The van der Waals surface area contributed by atoms with E-state index in [2.05, 4.69) is 65.6 Å². The van der Waals surface area contributed by atoms with Gasteiger partial charge in [-0.2, -0.15) is 0 Å². The van der Waals surface area contributed by atoms with Crippen LogP contribution >= 0.6 is 0 Å². The quantitative estimate of drug-likeness (QED) is 0.108. The largest absolute Gasteiger partial charge is 0.368 e. The minimum absolute atomic E-state index is 0.0918. The second-order valence-corrected chi connectivity index (χ2v) is 16.0. The molecule has 0 atom stereocenters. The first-order chi connectivity index (χ1) is 23.8. The second kappa shape index (κ2) is 11.5. The Morgan fingerprint density at radius 1 is 0.480 bits per heavy atom. The van der Waals surface area contributed by atoms with E-state index in [4.69, 9.17) is 0 Å². The lowest BCUT2D eigenvalue weighted by Gasteiger charge is -2.40. The molecule has 1 saturated heterocycles. The van der Waals surface area contributed by atoms with Crippen LogP contribution in [0.1, 0.15) is 96.8 Å². The molecule has 0 unspecified atom stereocenters. The third-order valence-electron chi connectivity index (χ3n) is 11.6. The maximum absolute atomic E-state index is 14.6. The first-order valence-electron chi connectivity index (χ1n) is 18.3. The summed E-state index contributed by atoms with van der Waals surface area (Å²) >= 11 is 0. The Balaban J connectivity index is 1.48. The second-order valence-electron chi connectivity index (χ2n) is 16.0. The third-order valence-corrected chi connectivity index (χ3v) is 11.6.